The summed E-state index contributed by atoms with van der Waals surface area (Å²) in [5, 5.41) is 4.65. The number of carbonyl (C=O) groups is 1. The summed E-state index contributed by atoms with van der Waals surface area (Å²) < 4.78 is 0. The van der Waals surface area contributed by atoms with E-state index < -0.39 is 0 Å². The van der Waals surface area contributed by atoms with Crippen molar-refractivity contribution < 1.29 is 4.79 Å². The Balaban J connectivity index is 1.59. The predicted octanol–water partition coefficient (Wildman–Crippen LogP) is 4.92. The van der Waals surface area contributed by atoms with Gasteiger partial charge < -0.3 is 10.2 Å². The van der Waals surface area contributed by atoms with Gasteiger partial charge in [-0.25, -0.2) is 0 Å². The SMILES string of the molecule is CC1CCCN(C(=O)c2cc(NCCc3ccc(Cl)cc3Cl)ccn2)C1. The van der Waals surface area contributed by atoms with Gasteiger partial charge >= 0.3 is 0 Å². The van der Waals surface area contributed by atoms with Crippen molar-refractivity contribution in [3.63, 3.8) is 0 Å². The van der Waals surface area contributed by atoms with Crippen molar-refractivity contribution >= 4 is 34.8 Å². The van der Waals surface area contributed by atoms with E-state index in [1.807, 2.05) is 29.2 Å². The van der Waals surface area contributed by atoms with E-state index in [0.717, 1.165) is 37.2 Å². The maximum absolute atomic E-state index is 12.7. The highest BCUT2D eigenvalue weighted by Gasteiger charge is 2.22. The van der Waals surface area contributed by atoms with Crippen LogP contribution in [0.2, 0.25) is 10.0 Å². The lowest BCUT2D eigenvalue weighted by Crippen LogP contribution is -2.39. The van der Waals surface area contributed by atoms with Gasteiger partial charge in [-0.1, -0.05) is 36.2 Å². The standard InChI is InChI=1S/C20H23Cl2N3O/c1-14-3-2-10-25(13-14)20(26)19-12-17(7-9-24-19)23-8-6-15-4-5-16(21)11-18(15)22/h4-5,7,9,11-12,14H,2-3,6,8,10,13H2,1H3,(H,23,24). The van der Waals surface area contributed by atoms with Crippen LogP contribution in [0.3, 0.4) is 0 Å². The minimum absolute atomic E-state index is 0.0148. The first-order valence-electron chi connectivity index (χ1n) is 8.96. The van der Waals surface area contributed by atoms with Crippen molar-refractivity contribution in [2.24, 2.45) is 5.92 Å². The van der Waals surface area contributed by atoms with Crippen LogP contribution < -0.4 is 5.32 Å². The number of piperidine rings is 1. The zero-order chi connectivity index (χ0) is 18.5. The summed E-state index contributed by atoms with van der Waals surface area (Å²) in [5.41, 5.74) is 2.42. The first-order valence-corrected chi connectivity index (χ1v) is 9.71. The van der Waals surface area contributed by atoms with Gasteiger partial charge in [-0.3, -0.25) is 9.78 Å². The molecule has 1 saturated heterocycles. The third kappa shape index (κ3) is 4.89. The molecule has 1 unspecified atom stereocenters. The fourth-order valence-electron chi connectivity index (χ4n) is 3.26. The second kappa shape index (κ2) is 8.74. The topological polar surface area (TPSA) is 45.2 Å². The van der Waals surface area contributed by atoms with E-state index in [0.29, 0.717) is 28.2 Å². The zero-order valence-electron chi connectivity index (χ0n) is 14.8. The number of nitrogens with zero attached hydrogens (tertiary/aromatic N) is 2. The number of likely N-dealkylation sites (tertiary alicyclic amines) is 1. The summed E-state index contributed by atoms with van der Waals surface area (Å²) in [6, 6.07) is 9.22. The normalized spacial score (nSPS) is 17.2. The molecule has 138 valence electrons. The van der Waals surface area contributed by atoms with Gasteiger partial charge in [0.25, 0.3) is 5.91 Å². The lowest BCUT2D eigenvalue weighted by atomic mass is 10.00. The van der Waals surface area contributed by atoms with Gasteiger partial charge in [-0.2, -0.15) is 0 Å². The number of carbonyl (C=O) groups excluding carboxylic acids is 1. The molecule has 0 radical (unpaired) electrons. The van der Waals surface area contributed by atoms with Crippen molar-refractivity contribution in [1.29, 1.82) is 0 Å². The molecule has 0 aliphatic carbocycles. The van der Waals surface area contributed by atoms with Crippen molar-refractivity contribution in [3.05, 3.63) is 57.8 Å². The highest BCUT2D eigenvalue weighted by atomic mass is 35.5. The average molecular weight is 392 g/mol. The second-order valence-corrected chi connectivity index (χ2v) is 7.68. The van der Waals surface area contributed by atoms with E-state index in [4.69, 9.17) is 23.2 Å². The Labute approximate surface area is 164 Å². The highest BCUT2D eigenvalue weighted by molar-refractivity contribution is 6.35. The molecule has 0 bridgehead atoms. The molecule has 0 saturated carbocycles. The Morgan fingerprint density at radius 1 is 1.31 bits per heavy atom. The van der Waals surface area contributed by atoms with Crippen LogP contribution in [0.5, 0.6) is 0 Å². The zero-order valence-corrected chi connectivity index (χ0v) is 16.4. The number of hydrogen-bond acceptors (Lipinski definition) is 3. The molecule has 1 aromatic heterocycles. The molecule has 2 aromatic rings. The lowest BCUT2D eigenvalue weighted by Gasteiger charge is -2.30. The molecule has 1 N–H and O–H groups in total. The largest absolute Gasteiger partial charge is 0.385 e. The number of pyridine rings is 1. The molecule has 1 aliphatic rings. The monoisotopic (exact) mass is 391 g/mol. The summed E-state index contributed by atoms with van der Waals surface area (Å²) in [6.45, 7) is 4.53. The number of aromatic nitrogens is 1. The molecule has 6 heteroatoms. The van der Waals surface area contributed by atoms with Crippen molar-refractivity contribution in [2.45, 2.75) is 26.2 Å². The number of amides is 1. The van der Waals surface area contributed by atoms with E-state index in [1.165, 1.54) is 6.42 Å². The number of halogens is 2. The van der Waals surface area contributed by atoms with Gasteiger partial charge in [0.2, 0.25) is 0 Å². The molecular formula is C20H23Cl2N3O. The molecule has 0 spiro atoms. The van der Waals surface area contributed by atoms with Gasteiger partial charge in [-0.15, -0.1) is 0 Å². The fourth-order valence-corrected chi connectivity index (χ4v) is 3.76. The van der Waals surface area contributed by atoms with Crippen LogP contribution in [-0.4, -0.2) is 35.4 Å². The molecule has 1 atom stereocenters. The van der Waals surface area contributed by atoms with E-state index >= 15 is 0 Å². The Kier molecular flexibility index (Phi) is 6.38. The molecular weight excluding hydrogens is 369 g/mol. The fraction of sp³-hybridized carbons (Fsp3) is 0.400. The minimum atomic E-state index is 0.0148. The van der Waals surface area contributed by atoms with Crippen LogP contribution in [0.4, 0.5) is 5.69 Å². The van der Waals surface area contributed by atoms with Crippen LogP contribution in [0.1, 0.15) is 35.8 Å². The first-order chi connectivity index (χ1) is 12.5. The first kappa shape index (κ1) is 19.0. The van der Waals surface area contributed by atoms with Crippen LogP contribution in [0.15, 0.2) is 36.5 Å². The maximum Gasteiger partial charge on any atom is 0.272 e. The summed E-state index contributed by atoms with van der Waals surface area (Å²) in [7, 11) is 0. The van der Waals surface area contributed by atoms with Crippen LogP contribution in [0.25, 0.3) is 0 Å². The summed E-state index contributed by atoms with van der Waals surface area (Å²) in [6.07, 6.45) is 4.70. The smallest absolute Gasteiger partial charge is 0.272 e. The minimum Gasteiger partial charge on any atom is -0.385 e. The Hall–Kier alpha value is -1.78. The van der Waals surface area contributed by atoms with Gasteiger partial charge in [0.15, 0.2) is 0 Å². The summed E-state index contributed by atoms with van der Waals surface area (Å²) >= 11 is 12.1. The third-order valence-electron chi connectivity index (χ3n) is 4.66. The molecule has 1 fully saturated rings. The quantitative estimate of drug-likeness (QED) is 0.786. The van der Waals surface area contributed by atoms with Crippen LogP contribution in [-0.2, 0) is 6.42 Å². The second-order valence-electron chi connectivity index (χ2n) is 6.84. The van der Waals surface area contributed by atoms with Crippen molar-refractivity contribution in [2.75, 3.05) is 25.0 Å². The van der Waals surface area contributed by atoms with Crippen LogP contribution in [0, 0.1) is 5.92 Å². The number of hydrogen-bond donors (Lipinski definition) is 1. The van der Waals surface area contributed by atoms with E-state index in [1.54, 1.807) is 12.3 Å². The van der Waals surface area contributed by atoms with Gasteiger partial charge in [0.1, 0.15) is 5.69 Å². The Morgan fingerprint density at radius 3 is 2.92 bits per heavy atom. The lowest BCUT2D eigenvalue weighted by molar-refractivity contribution is 0.0677. The van der Waals surface area contributed by atoms with E-state index in [-0.39, 0.29) is 5.91 Å². The Bertz CT molecular complexity index is 781. The number of rotatable bonds is 5. The number of anilines is 1. The van der Waals surface area contributed by atoms with Crippen LogP contribution >= 0.6 is 23.2 Å². The third-order valence-corrected chi connectivity index (χ3v) is 5.25. The van der Waals surface area contributed by atoms with E-state index in [2.05, 4.69) is 17.2 Å². The van der Waals surface area contributed by atoms with Gasteiger partial charge in [0.05, 0.1) is 0 Å². The molecule has 1 aromatic carbocycles. The molecule has 4 nitrogen and oxygen atoms in total. The maximum atomic E-state index is 12.7. The Morgan fingerprint density at radius 2 is 2.15 bits per heavy atom. The molecule has 1 amide bonds. The molecule has 26 heavy (non-hydrogen) atoms. The molecule has 2 heterocycles. The predicted molar refractivity (Wildman–Crippen MR) is 107 cm³/mol. The van der Waals surface area contributed by atoms with E-state index in [9.17, 15) is 4.79 Å². The number of benzene rings is 1. The van der Waals surface area contributed by atoms with Crippen molar-refractivity contribution in [3.8, 4) is 0 Å². The molecule has 1 aliphatic heterocycles. The molecule has 3 rings (SSSR count). The average Bonchev–Trinajstić information content (AvgIpc) is 2.63. The summed E-state index contributed by atoms with van der Waals surface area (Å²) in [5.74, 6) is 0.569. The van der Waals surface area contributed by atoms with Gasteiger partial charge in [0, 0.05) is 41.6 Å². The number of nitrogens with one attached hydrogen (secondary N) is 1. The highest BCUT2D eigenvalue weighted by Crippen LogP contribution is 2.22. The van der Waals surface area contributed by atoms with Crippen molar-refractivity contribution in [1.82, 2.24) is 9.88 Å². The van der Waals surface area contributed by atoms with Gasteiger partial charge in [-0.05, 0) is 55.0 Å². The summed E-state index contributed by atoms with van der Waals surface area (Å²) in [4.78, 5) is 18.8.